The van der Waals surface area contributed by atoms with Crippen molar-refractivity contribution in [2.24, 2.45) is 0 Å². The molecular formula is C12H21NOSSi. The molecule has 1 aliphatic rings. The highest BCUT2D eigenvalue weighted by atomic mass is 32.2. The van der Waals surface area contributed by atoms with Crippen molar-refractivity contribution in [2.75, 3.05) is 5.75 Å². The van der Waals surface area contributed by atoms with Gasteiger partial charge in [-0.15, -0.1) is 11.8 Å². The van der Waals surface area contributed by atoms with Crippen molar-refractivity contribution in [3.63, 3.8) is 0 Å². The zero-order valence-electron chi connectivity index (χ0n) is 10.8. The Hall–Kier alpha value is -0.403. The first-order valence-electron chi connectivity index (χ1n) is 5.65. The lowest BCUT2D eigenvalue weighted by Gasteiger charge is -2.38. The Morgan fingerprint density at radius 2 is 2.12 bits per heavy atom. The molecule has 0 spiro atoms. The molecule has 4 heteroatoms. The van der Waals surface area contributed by atoms with E-state index in [1.54, 1.807) is 11.8 Å². The van der Waals surface area contributed by atoms with Crippen molar-refractivity contribution in [3.05, 3.63) is 11.8 Å². The first kappa shape index (κ1) is 13.7. The lowest BCUT2D eigenvalue weighted by Crippen LogP contribution is -2.41. The van der Waals surface area contributed by atoms with Crippen molar-refractivity contribution in [2.45, 2.75) is 50.6 Å². The smallest absolute Gasteiger partial charge is 0.250 e. The molecule has 0 N–H and O–H groups in total. The van der Waals surface area contributed by atoms with E-state index in [2.05, 4.69) is 46.0 Å². The first-order valence-corrected chi connectivity index (χ1v) is 9.61. The second-order valence-corrected chi connectivity index (χ2v) is 11.6. The quantitative estimate of drug-likeness (QED) is 0.701. The number of thioether (sulfide) groups is 1. The van der Waals surface area contributed by atoms with Gasteiger partial charge in [0.25, 0.3) is 0 Å². The summed E-state index contributed by atoms with van der Waals surface area (Å²) < 4.78 is 6.21. The Labute approximate surface area is 104 Å². The molecular weight excluding hydrogens is 234 g/mol. The lowest BCUT2D eigenvalue weighted by atomic mass is 10.2. The number of hydrogen-bond acceptors (Lipinski definition) is 3. The van der Waals surface area contributed by atoms with Crippen LogP contribution in [0.1, 0.15) is 27.2 Å². The van der Waals surface area contributed by atoms with Crippen LogP contribution in [-0.2, 0) is 4.43 Å². The van der Waals surface area contributed by atoms with Gasteiger partial charge >= 0.3 is 0 Å². The number of hydrogen-bond donors (Lipinski definition) is 0. The van der Waals surface area contributed by atoms with Crippen LogP contribution in [-0.4, -0.2) is 19.3 Å². The highest BCUT2D eigenvalue weighted by Gasteiger charge is 2.39. The molecule has 0 amide bonds. The van der Waals surface area contributed by atoms with Crippen molar-refractivity contribution >= 4 is 20.1 Å². The van der Waals surface area contributed by atoms with Gasteiger partial charge in [0.1, 0.15) is 0 Å². The molecule has 1 aliphatic heterocycles. The molecule has 0 aliphatic carbocycles. The van der Waals surface area contributed by atoms with Crippen molar-refractivity contribution in [3.8, 4) is 6.07 Å². The summed E-state index contributed by atoms with van der Waals surface area (Å²) in [5.41, 5.74) is 0. The molecule has 0 radical (unpaired) electrons. The lowest BCUT2D eigenvalue weighted by molar-refractivity contribution is 0.385. The van der Waals surface area contributed by atoms with E-state index < -0.39 is 8.32 Å². The number of rotatable bonds is 2. The summed E-state index contributed by atoms with van der Waals surface area (Å²) in [7, 11) is -1.69. The van der Waals surface area contributed by atoms with E-state index in [-0.39, 0.29) is 10.3 Å². The van der Waals surface area contributed by atoms with Crippen LogP contribution < -0.4 is 0 Å². The normalized spacial score (nSPS) is 22.2. The molecule has 0 bridgehead atoms. The monoisotopic (exact) mass is 255 g/mol. The van der Waals surface area contributed by atoms with E-state index in [4.69, 9.17) is 9.69 Å². The van der Waals surface area contributed by atoms with E-state index in [9.17, 15) is 0 Å². The summed E-state index contributed by atoms with van der Waals surface area (Å²) in [5.74, 6) is 1.94. The fourth-order valence-corrected chi connectivity index (χ4v) is 3.26. The largest absolute Gasteiger partial charge is 0.546 e. The first-order chi connectivity index (χ1) is 7.26. The van der Waals surface area contributed by atoms with Crippen LogP contribution in [0.4, 0.5) is 0 Å². The van der Waals surface area contributed by atoms with Crippen LogP contribution in [0.15, 0.2) is 11.8 Å². The van der Waals surface area contributed by atoms with Crippen LogP contribution in [0, 0.1) is 11.3 Å². The average Bonchev–Trinajstić information content (AvgIpc) is 2.16. The van der Waals surface area contributed by atoms with Gasteiger partial charge < -0.3 is 4.43 Å². The minimum absolute atomic E-state index is 0.117. The highest BCUT2D eigenvalue weighted by molar-refractivity contribution is 8.00. The molecule has 2 nitrogen and oxygen atoms in total. The third kappa shape index (κ3) is 3.29. The van der Waals surface area contributed by atoms with Crippen LogP contribution >= 0.6 is 11.8 Å². The zero-order chi connectivity index (χ0) is 12.4. The van der Waals surface area contributed by atoms with Gasteiger partial charge in [0.05, 0.1) is 22.8 Å². The predicted octanol–water partition coefficient (Wildman–Crippen LogP) is 3.92. The van der Waals surface area contributed by atoms with Gasteiger partial charge in [0.2, 0.25) is 8.32 Å². The number of nitrogens with zero attached hydrogens (tertiary/aromatic N) is 1. The van der Waals surface area contributed by atoms with Gasteiger partial charge in [0.15, 0.2) is 0 Å². The fraction of sp³-hybridized carbons (Fsp3) is 0.750. The minimum Gasteiger partial charge on any atom is -0.546 e. The molecule has 0 saturated heterocycles. The Morgan fingerprint density at radius 1 is 1.50 bits per heavy atom. The third-order valence-corrected chi connectivity index (χ3v) is 8.86. The molecule has 0 aromatic heterocycles. The van der Waals surface area contributed by atoms with Crippen molar-refractivity contribution in [1.29, 1.82) is 5.26 Å². The van der Waals surface area contributed by atoms with E-state index in [1.807, 2.05) is 0 Å². The molecule has 0 saturated carbocycles. The molecule has 16 heavy (non-hydrogen) atoms. The molecule has 90 valence electrons. The van der Waals surface area contributed by atoms with Crippen LogP contribution in [0.25, 0.3) is 0 Å². The minimum atomic E-state index is -1.69. The summed E-state index contributed by atoms with van der Waals surface area (Å²) >= 11 is 1.69. The second-order valence-electron chi connectivity index (χ2n) is 5.70. The maximum atomic E-state index is 8.81. The average molecular weight is 255 g/mol. The molecule has 1 heterocycles. The van der Waals surface area contributed by atoms with Gasteiger partial charge in [-0.3, -0.25) is 0 Å². The van der Waals surface area contributed by atoms with Gasteiger partial charge in [-0.2, -0.15) is 5.26 Å². The van der Waals surface area contributed by atoms with E-state index in [0.29, 0.717) is 0 Å². The Balaban J connectivity index is 2.64. The van der Waals surface area contributed by atoms with E-state index in [0.717, 1.165) is 17.9 Å². The Bertz CT molecular complexity index is 325. The summed E-state index contributed by atoms with van der Waals surface area (Å²) in [6.45, 7) is 11.2. The molecule has 1 atom stereocenters. The van der Waals surface area contributed by atoms with Gasteiger partial charge in [0, 0.05) is 0 Å². The Kier molecular flexibility index (Phi) is 4.14. The molecule has 1 unspecified atom stereocenters. The number of nitriles is 1. The van der Waals surface area contributed by atoms with Crippen LogP contribution in [0.2, 0.25) is 18.1 Å². The summed E-state index contributed by atoms with van der Waals surface area (Å²) in [6.07, 6.45) is 2.93. The second kappa shape index (κ2) is 4.85. The fourth-order valence-electron chi connectivity index (χ4n) is 1.19. The number of allylic oxidation sites excluding steroid dienone is 1. The molecule has 1 rings (SSSR count). The van der Waals surface area contributed by atoms with Crippen LogP contribution in [0.5, 0.6) is 0 Å². The molecule has 0 aromatic carbocycles. The van der Waals surface area contributed by atoms with Gasteiger partial charge in [-0.05, 0) is 30.6 Å². The summed E-state index contributed by atoms with van der Waals surface area (Å²) in [6, 6.07) is 2.29. The molecule has 0 aromatic rings. The summed E-state index contributed by atoms with van der Waals surface area (Å²) in [4.78, 5) is 0. The van der Waals surface area contributed by atoms with Gasteiger partial charge in [-0.1, -0.05) is 20.8 Å². The Morgan fingerprint density at radius 3 is 2.50 bits per heavy atom. The SMILES string of the molecule is CC(C)(C)[Si](C)(C)OC1=CCC(C#N)SC1. The van der Waals surface area contributed by atoms with E-state index >= 15 is 0 Å². The molecule has 0 fully saturated rings. The standard InChI is InChI=1S/C12H21NOSSi/c1-12(2,3)16(4,5)14-10-6-7-11(8-13)15-9-10/h6,11H,7,9H2,1-5H3. The summed E-state index contributed by atoms with van der Waals surface area (Å²) in [5, 5.41) is 9.16. The maximum absolute atomic E-state index is 8.81. The topological polar surface area (TPSA) is 33.0 Å². The van der Waals surface area contributed by atoms with Crippen molar-refractivity contribution < 1.29 is 4.43 Å². The highest BCUT2D eigenvalue weighted by Crippen LogP contribution is 2.39. The van der Waals surface area contributed by atoms with Crippen molar-refractivity contribution in [1.82, 2.24) is 0 Å². The van der Waals surface area contributed by atoms with E-state index in [1.165, 1.54) is 0 Å². The predicted molar refractivity (Wildman–Crippen MR) is 72.8 cm³/mol. The zero-order valence-corrected chi connectivity index (χ0v) is 12.6. The third-order valence-electron chi connectivity index (χ3n) is 3.32. The maximum Gasteiger partial charge on any atom is 0.250 e. The van der Waals surface area contributed by atoms with Crippen LogP contribution in [0.3, 0.4) is 0 Å². The van der Waals surface area contributed by atoms with Gasteiger partial charge in [-0.25, -0.2) is 0 Å².